The first-order valence-corrected chi connectivity index (χ1v) is 7.03. The van der Waals surface area contributed by atoms with Crippen LogP contribution in [0.2, 0.25) is 0 Å². The summed E-state index contributed by atoms with van der Waals surface area (Å²) in [4.78, 5) is 23.1. The minimum atomic E-state index is -1.21. The summed E-state index contributed by atoms with van der Waals surface area (Å²) in [6.07, 6.45) is 1.06. The highest BCUT2D eigenvalue weighted by atomic mass is 16.5. The van der Waals surface area contributed by atoms with Gasteiger partial charge >= 0.3 is 12.0 Å². The number of hydrogen-bond donors (Lipinski definition) is 1. The van der Waals surface area contributed by atoms with Crippen LogP contribution in [0.5, 0.6) is 23.5 Å². The average molecular weight is 343 g/mol. The highest BCUT2D eigenvalue weighted by molar-refractivity contribution is 5.93. The molecule has 0 bridgehead atoms. The summed E-state index contributed by atoms with van der Waals surface area (Å²) in [6.45, 7) is 0. The molecule has 0 atom stereocenters. The zero-order valence-electron chi connectivity index (χ0n) is 13.3. The summed E-state index contributed by atoms with van der Waals surface area (Å²) in [5, 5.41) is 9.21. The van der Waals surface area contributed by atoms with Crippen LogP contribution in [-0.4, -0.2) is 40.2 Å². The fraction of sp³-hybridized carbons (Fsp3) is 0.125. The van der Waals surface area contributed by atoms with Crippen molar-refractivity contribution >= 4 is 5.97 Å². The number of carboxylic acid groups (broad SMARTS) is 1. The minimum absolute atomic E-state index is 0.0277. The largest absolute Gasteiger partial charge is 0.481 e. The van der Waals surface area contributed by atoms with E-state index in [1.54, 1.807) is 24.3 Å². The van der Waals surface area contributed by atoms with Crippen molar-refractivity contribution in [1.29, 1.82) is 0 Å². The first-order chi connectivity index (χ1) is 12.1. The van der Waals surface area contributed by atoms with Gasteiger partial charge < -0.3 is 23.7 Å². The number of rotatable bonds is 6. The van der Waals surface area contributed by atoms with Gasteiger partial charge in [0.15, 0.2) is 17.8 Å². The monoisotopic (exact) mass is 343 g/mol. The molecule has 3 rings (SSSR count). The molecular formula is C16H13N3O6. The lowest BCUT2D eigenvalue weighted by atomic mass is 10.1. The highest BCUT2D eigenvalue weighted by Crippen LogP contribution is 2.34. The molecule has 0 fully saturated rings. The maximum atomic E-state index is 11.3. The standard InChI is InChI=1S/C16H13N3O6/c1-22-11-7-12(23-2)19-16(18-11)25-10-6-4-3-5-9(10)14-13(15(20)21)17-8-24-14/h3-8H,1-2H3,(H,20,21). The first-order valence-electron chi connectivity index (χ1n) is 7.03. The molecule has 9 heteroatoms. The molecule has 1 N–H and O–H groups in total. The Kier molecular flexibility index (Phi) is 4.46. The second-order valence-corrected chi connectivity index (χ2v) is 4.67. The molecule has 0 aliphatic heterocycles. The van der Waals surface area contributed by atoms with Crippen LogP contribution in [0.4, 0.5) is 0 Å². The first kappa shape index (κ1) is 16.2. The fourth-order valence-corrected chi connectivity index (χ4v) is 2.07. The molecule has 0 saturated heterocycles. The third-order valence-electron chi connectivity index (χ3n) is 3.18. The van der Waals surface area contributed by atoms with Gasteiger partial charge in [0.2, 0.25) is 11.8 Å². The second kappa shape index (κ2) is 6.87. The van der Waals surface area contributed by atoms with Gasteiger partial charge in [0.25, 0.3) is 0 Å². The van der Waals surface area contributed by atoms with Crippen LogP contribution >= 0.6 is 0 Å². The fourth-order valence-electron chi connectivity index (χ4n) is 2.07. The Labute approximate surface area is 141 Å². The Hall–Kier alpha value is -3.62. The van der Waals surface area contributed by atoms with E-state index < -0.39 is 5.97 Å². The van der Waals surface area contributed by atoms with Crippen molar-refractivity contribution in [3.63, 3.8) is 0 Å². The van der Waals surface area contributed by atoms with E-state index in [9.17, 15) is 9.90 Å². The van der Waals surface area contributed by atoms with E-state index >= 15 is 0 Å². The van der Waals surface area contributed by atoms with Crippen molar-refractivity contribution in [3.05, 3.63) is 42.4 Å². The van der Waals surface area contributed by atoms with E-state index in [4.69, 9.17) is 18.6 Å². The van der Waals surface area contributed by atoms with Gasteiger partial charge in [0, 0.05) is 0 Å². The second-order valence-electron chi connectivity index (χ2n) is 4.67. The lowest BCUT2D eigenvalue weighted by molar-refractivity contribution is 0.0691. The molecule has 3 aromatic rings. The van der Waals surface area contributed by atoms with Gasteiger partial charge in [0.05, 0.1) is 25.8 Å². The molecule has 25 heavy (non-hydrogen) atoms. The van der Waals surface area contributed by atoms with E-state index in [1.165, 1.54) is 20.3 Å². The third-order valence-corrected chi connectivity index (χ3v) is 3.18. The Balaban J connectivity index is 2.02. The summed E-state index contributed by atoms with van der Waals surface area (Å²) in [7, 11) is 2.90. The molecule has 0 amide bonds. The van der Waals surface area contributed by atoms with E-state index in [1.807, 2.05) is 0 Å². The van der Waals surface area contributed by atoms with Crippen LogP contribution in [0, 0.1) is 0 Å². The van der Waals surface area contributed by atoms with Crippen molar-refractivity contribution in [2.75, 3.05) is 14.2 Å². The molecule has 0 unspecified atom stereocenters. The van der Waals surface area contributed by atoms with Crippen LogP contribution in [-0.2, 0) is 0 Å². The topological polar surface area (TPSA) is 117 Å². The van der Waals surface area contributed by atoms with Gasteiger partial charge in [-0.2, -0.15) is 9.97 Å². The number of nitrogens with zero attached hydrogens (tertiary/aromatic N) is 3. The molecule has 0 spiro atoms. The zero-order valence-corrected chi connectivity index (χ0v) is 13.3. The molecular weight excluding hydrogens is 330 g/mol. The SMILES string of the molecule is COc1cc(OC)nc(Oc2ccccc2-c2ocnc2C(=O)O)n1. The van der Waals surface area contributed by atoms with Crippen molar-refractivity contribution in [1.82, 2.24) is 15.0 Å². The number of hydrogen-bond acceptors (Lipinski definition) is 8. The van der Waals surface area contributed by atoms with Crippen LogP contribution in [0.25, 0.3) is 11.3 Å². The number of aromatic carboxylic acids is 1. The summed E-state index contributed by atoms with van der Waals surface area (Å²) < 4.78 is 21.0. The molecule has 0 radical (unpaired) electrons. The number of carbonyl (C=O) groups is 1. The lowest BCUT2D eigenvalue weighted by Gasteiger charge is -2.10. The van der Waals surface area contributed by atoms with E-state index in [-0.39, 0.29) is 35.0 Å². The Morgan fingerprint density at radius 2 is 1.80 bits per heavy atom. The van der Waals surface area contributed by atoms with Gasteiger partial charge in [-0.05, 0) is 12.1 Å². The predicted octanol–water partition coefficient (Wildman–Crippen LogP) is 2.64. The number of aromatic nitrogens is 3. The van der Waals surface area contributed by atoms with Crippen molar-refractivity contribution < 1.29 is 28.5 Å². The number of ether oxygens (including phenoxy) is 3. The number of methoxy groups -OCH3 is 2. The smallest absolute Gasteiger partial charge is 0.358 e. The van der Waals surface area contributed by atoms with Crippen LogP contribution in [0.1, 0.15) is 10.5 Å². The predicted molar refractivity (Wildman–Crippen MR) is 84.1 cm³/mol. The van der Waals surface area contributed by atoms with E-state index in [0.29, 0.717) is 5.56 Å². The van der Waals surface area contributed by atoms with Crippen molar-refractivity contribution in [2.24, 2.45) is 0 Å². The van der Waals surface area contributed by atoms with Gasteiger partial charge in [-0.3, -0.25) is 0 Å². The lowest BCUT2D eigenvalue weighted by Crippen LogP contribution is -2.01. The number of para-hydroxylation sites is 1. The normalized spacial score (nSPS) is 10.3. The highest BCUT2D eigenvalue weighted by Gasteiger charge is 2.21. The Bertz CT molecular complexity index is 886. The average Bonchev–Trinajstić information content (AvgIpc) is 3.11. The van der Waals surface area contributed by atoms with Crippen LogP contribution < -0.4 is 14.2 Å². The quantitative estimate of drug-likeness (QED) is 0.720. The van der Waals surface area contributed by atoms with Crippen LogP contribution in [0.3, 0.4) is 0 Å². The molecule has 1 aromatic carbocycles. The molecule has 0 saturated carbocycles. The van der Waals surface area contributed by atoms with Gasteiger partial charge in [0.1, 0.15) is 5.75 Å². The Morgan fingerprint density at radius 1 is 1.12 bits per heavy atom. The van der Waals surface area contributed by atoms with Gasteiger partial charge in [-0.1, -0.05) is 12.1 Å². The molecule has 128 valence electrons. The summed E-state index contributed by atoms with van der Waals surface area (Å²) in [5.74, 6) is -0.344. The molecule has 0 aliphatic rings. The Morgan fingerprint density at radius 3 is 2.44 bits per heavy atom. The maximum Gasteiger partial charge on any atom is 0.358 e. The van der Waals surface area contributed by atoms with E-state index in [0.717, 1.165) is 6.39 Å². The van der Waals surface area contributed by atoms with Gasteiger partial charge in [-0.15, -0.1) is 0 Å². The van der Waals surface area contributed by atoms with Gasteiger partial charge in [-0.25, -0.2) is 9.78 Å². The minimum Gasteiger partial charge on any atom is -0.481 e. The number of oxazole rings is 1. The van der Waals surface area contributed by atoms with Crippen molar-refractivity contribution in [3.8, 4) is 34.8 Å². The number of benzene rings is 1. The molecule has 9 nitrogen and oxygen atoms in total. The van der Waals surface area contributed by atoms with Crippen molar-refractivity contribution in [2.45, 2.75) is 0 Å². The third kappa shape index (κ3) is 3.34. The molecule has 2 aromatic heterocycles. The molecule has 2 heterocycles. The summed E-state index contributed by atoms with van der Waals surface area (Å²) in [6, 6.07) is 8.16. The molecule has 0 aliphatic carbocycles. The summed E-state index contributed by atoms with van der Waals surface area (Å²) in [5.41, 5.74) is 0.169. The van der Waals surface area contributed by atoms with E-state index in [2.05, 4.69) is 15.0 Å². The maximum absolute atomic E-state index is 11.3. The number of carboxylic acids is 1. The van der Waals surface area contributed by atoms with Crippen LogP contribution in [0.15, 0.2) is 41.1 Å². The zero-order chi connectivity index (χ0) is 17.8. The summed E-state index contributed by atoms with van der Waals surface area (Å²) >= 11 is 0.